The van der Waals surface area contributed by atoms with Gasteiger partial charge in [-0.15, -0.1) is 22.7 Å². The second-order valence-electron chi connectivity index (χ2n) is 5.18. The third-order valence-corrected chi connectivity index (χ3v) is 4.80. The molecule has 0 unspecified atom stereocenters. The predicted molar refractivity (Wildman–Crippen MR) is 116 cm³/mol. The van der Waals surface area contributed by atoms with Gasteiger partial charge in [-0.3, -0.25) is 4.79 Å². The molecule has 0 aliphatic carbocycles. The summed E-state index contributed by atoms with van der Waals surface area (Å²) in [7, 11) is 0. The first-order valence-corrected chi connectivity index (χ1v) is 10.0. The molecule has 0 atom stereocenters. The van der Waals surface area contributed by atoms with E-state index in [2.05, 4.69) is 15.3 Å². The van der Waals surface area contributed by atoms with Gasteiger partial charge in [-0.1, -0.05) is 24.3 Å². The summed E-state index contributed by atoms with van der Waals surface area (Å²) in [6.45, 7) is 0. The lowest BCUT2D eigenvalue weighted by Crippen LogP contribution is -2.10. The monoisotopic (exact) mass is 426 g/mol. The number of hydrogen-bond donors (Lipinski definition) is 3. The fourth-order valence-electron chi connectivity index (χ4n) is 1.80. The molecule has 4 N–H and O–H groups in total. The minimum atomic E-state index is -0.847. The number of nitrogens with one attached hydrogen (secondary N) is 1. The van der Waals surface area contributed by atoms with Crippen LogP contribution >= 0.6 is 22.7 Å². The van der Waals surface area contributed by atoms with Gasteiger partial charge in [-0.25, -0.2) is 14.8 Å². The highest BCUT2D eigenvalue weighted by molar-refractivity contribution is 7.12. The fraction of sp³-hybridized carbons (Fsp3) is 0. The Bertz CT molecular complexity index is 977. The van der Waals surface area contributed by atoms with Gasteiger partial charge in [0.15, 0.2) is 0 Å². The molecule has 4 heterocycles. The van der Waals surface area contributed by atoms with E-state index in [0.29, 0.717) is 21.4 Å². The summed E-state index contributed by atoms with van der Waals surface area (Å²) in [5, 5.41) is 14.6. The van der Waals surface area contributed by atoms with Gasteiger partial charge < -0.3 is 16.2 Å². The Morgan fingerprint density at radius 2 is 1.45 bits per heavy atom. The molecule has 148 valence electrons. The Morgan fingerprint density at radius 1 is 0.828 bits per heavy atom. The van der Waals surface area contributed by atoms with Crippen LogP contribution in [0.15, 0.2) is 83.8 Å². The Hall–Kier alpha value is -3.56. The lowest BCUT2D eigenvalue weighted by atomic mass is 10.4. The van der Waals surface area contributed by atoms with Crippen LogP contribution in [0.5, 0.6) is 0 Å². The summed E-state index contributed by atoms with van der Waals surface area (Å²) in [5.74, 6) is 0.187. The number of nitrogens with two attached hydrogens (primary N) is 1. The van der Waals surface area contributed by atoms with Crippen molar-refractivity contribution >= 4 is 46.2 Å². The van der Waals surface area contributed by atoms with Crippen molar-refractivity contribution in [2.24, 2.45) is 0 Å². The highest BCUT2D eigenvalue weighted by atomic mass is 32.1. The SMILES string of the molecule is Nc1ccccn1.O=C(Nc1ccccn1)c1cccs1.O=C(O)c1cccs1. The van der Waals surface area contributed by atoms with Gasteiger partial charge in [0.2, 0.25) is 0 Å². The number of carbonyl (C=O) groups excluding carboxylic acids is 1. The van der Waals surface area contributed by atoms with Crippen molar-refractivity contribution in [3.05, 3.63) is 93.6 Å². The molecule has 4 rings (SSSR count). The second-order valence-corrected chi connectivity index (χ2v) is 7.08. The fourth-order valence-corrected chi connectivity index (χ4v) is 2.98. The van der Waals surface area contributed by atoms with Crippen LogP contribution in [0.1, 0.15) is 19.3 Å². The van der Waals surface area contributed by atoms with Crippen LogP contribution in [0, 0.1) is 0 Å². The van der Waals surface area contributed by atoms with Gasteiger partial charge in [0.05, 0.1) is 4.88 Å². The zero-order valence-electron chi connectivity index (χ0n) is 15.1. The van der Waals surface area contributed by atoms with Gasteiger partial charge in [-0.05, 0) is 47.2 Å². The molecule has 0 spiro atoms. The number of nitrogen functional groups attached to an aromatic ring is 1. The van der Waals surface area contributed by atoms with E-state index in [1.54, 1.807) is 54.2 Å². The summed E-state index contributed by atoms with van der Waals surface area (Å²) < 4.78 is 0. The molecular formula is C20H18N4O3S2. The maximum atomic E-state index is 11.5. The average molecular weight is 427 g/mol. The van der Waals surface area contributed by atoms with Gasteiger partial charge in [0.1, 0.15) is 16.5 Å². The lowest BCUT2D eigenvalue weighted by Gasteiger charge is -2.00. The number of nitrogens with zero attached hydrogens (tertiary/aromatic N) is 2. The highest BCUT2D eigenvalue weighted by Gasteiger charge is 2.06. The molecule has 0 radical (unpaired) electrons. The van der Waals surface area contributed by atoms with Gasteiger partial charge >= 0.3 is 5.97 Å². The molecule has 0 fully saturated rings. The number of pyridine rings is 2. The number of amides is 1. The molecule has 1 amide bonds. The number of carboxylic acid groups (broad SMARTS) is 1. The van der Waals surface area contributed by atoms with Crippen molar-refractivity contribution in [1.29, 1.82) is 0 Å². The Morgan fingerprint density at radius 3 is 1.83 bits per heavy atom. The third-order valence-electron chi connectivity index (χ3n) is 3.07. The Balaban J connectivity index is 0.000000170. The van der Waals surface area contributed by atoms with Crippen molar-refractivity contribution in [2.45, 2.75) is 0 Å². The smallest absolute Gasteiger partial charge is 0.345 e. The molecule has 0 aliphatic rings. The van der Waals surface area contributed by atoms with Crippen LogP contribution in [0.3, 0.4) is 0 Å². The molecule has 0 bridgehead atoms. The van der Waals surface area contributed by atoms with Gasteiger partial charge in [-0.2, -0.15) is 0 Å². The maximum Gasteiger partial charge on any atom is 0.345 e. The molecule has 29 heavy (non-hydrogen) atoms. The van der Waals surface area contributed by atoms with Crippen LogP contribution in [0.2, 0.25) is 0 Å². The summed E-state index contributed by atoms with van der Waals surface area (Å²) in [5.41, 5.74) is 5.25. The quantitative estimate of drug-likeness (QED) is 0.444. The van der Waals surface area contributed by atoms with Gasteiger partial charge in [0, 0.05) is 12.4 Å². The third kappa shape index (κ3) is 8.33. The minimum Gasteiger partial charge on any atom is -0.477 e. The van der Waals surface area contributed by atoms with Gasteiger partial charge in [0.25, 0.3) is 5.91 Å². The van der Waals surface area contributed by atoms with E-state index in [-0.39, 0.29) is 5.91 Å². The maximum absolute atomic E-state index is 11.5. The number of anilines is 2. The molecular weight excluding hydrogens is 408 g/mol. The van der Waals surface area contributed by atoms with Crippen LogP contribution in [-0.2, 0) is 0 Å². The normalized spacial score (nSPS) is 9.24. The first kappa shape index (κ1) is 21.7. The van der Waals surface area contributed by atoms with E-state index in [1.165, 1.54) is 22.7 Å². The van der Waals surface area contributed by atoms with Crippen LogP contribution in [-0.4, -0.2) is 27.0 Å². The number of hydrogen-bond acceptors (Lipinski definition) is 7. The number of carbonyl (C=O) groups is 2. The molecule has 0 saturated carbocycles. The van der Waals surface area contributed by atoms with E-state index in [9.17, 15) is 9.59 Å². The molecule has 9 heteroatoms. The number of carboxylic acids is 1. The van der Waals surface area contributed by atoms with Crippen LogP contribution in [0.25, 0.3) is 0 Å². The Labute approximate surface area is 175 Å². The number of thiophene rings is 2. The molecule has 4 aromatic heterocycles. The van der Waals surface area contributed by atoms with E-state index in [0.717, 1.165) is 0 Å². The summed E-state index contributed by atoms with van der Waals surface area (Å²) in [4.78, 5) is 30.4. The summed E-state index contributed by atoms with van der Waals surface area (Å²) in [6.07, 6.45) is 3.30. The van der Waals surface area contributed by atoms with Crippen molar-refractivity contribution in [3.8, 4) is 0 Å². The largest absolute Gasteiger partial charge is 0.477 e. The number of aromatic carboxylic acids is 1. The molecule has 0 saturated heterocycles. The van der Waals surface area contributed by atoms with Crippen molar-refractivity contribution in [3.63, 3.8) is 0 Å². The predicted octanol–water partition coefficient (Wildman–Crippen LogP) is 4.51. The minimum absolute atomic E-state index is 0.112. The number of rotatable bonds is 3. The van der Waals surface area contributed by atoms with E-state index >= 15 is 0 Å². The molecule has 4 aromatic rings. The highest BCUT2D eigenvalue weighted by Crippen LogP contribution is 2.11. The van der Waals surface area contributed by atoms with E-state index < -0.39 is 5.97 Å². The molecule has 0 aromatic carbocycles. The van der Waals surface area contributed by atoms with E-state index in [1.807, 2.05) is 29.6 Å². The zero-order valence-corrected chi connectivity index (χ0v) is 16.8. The number of aromatic nitrogens is 2. The summed E-state index contributed by atoms with van der Waals surface area (Å²) in [6, 6.07) is 17.7. The molecule has 0 aliphatic heterocycles. The lowest BCUT2D eigenvalue weighted by molar-refractivity contribution is 0.0702. The standard InChI is InChI=1S/C10H8N2OS.C5H6N2.C5H4O2S/c13-10(8-4-3-7-14-8)12-9-5-1-2-6-11-9;6-5-3-1-2-4-7-5;6-5(7)4-2-1-3-8-4/h1-7H,(H,11,12,13);1-4H,(H2,6,7);1-3H,(H,6,7). The second kappa shape index (κ2) is 12.0. The van der Waals surface area contributed by atoms with Crippen LogP contribution in [0.4, 0.5) is 11.6 Å². The van der Waals surface area contributed by atoms with Crippen molar-refractivity contribution < 1.29 is 14.7 Å². The average Bonchev–Trinajstić information content (AvgIpc) is 3.45. The van der Waals surface area contributed by atoms with Crippen LogP contribution < -0.4 is 11.1 Å². The van der Waals surface area contributed by atoms with Crippen molar-refractivity contribution in [2.75, 3.05) is 11.1 Å². The topological polar surface area (TPSA) is 118 Å². The molecule has 7 nitrogen and oxygen atoms in total. The first-order chi connectivity index (χ1) is 14.1. The first-order valence-electron chi connectivity index (χ1n) is 8.25. The van der Waals surface area contributed by atoms with E-state index in [4.69, 9.17) is 10.8 Å². The van der Waals surface area contributed by atoms with Crippen molar-refractivity contribution in [1.82, 2.24) is 9.97 Å². The Kier molecular flexibility index (Phi) is 9.00. The zero-order chi connectivity index (χ0) is 20.9. The summed E-state index contributed by atoms with van der Waals surface area (Å²) >= 11 is 2.64.